The molecule has 2 heterocycles. The number of anilines is 2. The van der Waals surface area contributed by atoms with Crippen molar-refractivity contribution in [2.45, 2.75) is 54.9 Å². The molecule has 0 bridgehead atoms. The van der Waals surface area contributed by atoms with E-state index in [2.05, 4.69) is 30.3 Å². The Morgan fingerprint density at radius 2 is 1.59 bits per heavy atom. The Balaban J connectivity index is 0.000000767. The van der Waals surface area contributed by atoms with Gasteiger partial charge >= 0.3 is 0 Å². The number of carbonyl (C=O) groups excluding carboxylic acids is 1. The normalized spacial score (nSPS) is 9.38. The first-order chi connectivity index (χ1) is 17.9. The molecular weight excluding hydrogens is 464 g/mol. The number of rotatable bonds is 5. The zero-order valence-corrected chi connectivity index (χ0v) is 22.9. The molecule has 0 atom stereocenters. The average molecular weight is 503 g/mol. The van der Waals surface area contributed by atoms with Crippen LogP contribution in [0.15, 0.2) is 67.0 Å². The molecule has 0 spiro atoms. The van der Waals surface area contributed by atoms with E-state index in [1.54, 1.807) is 17.6 Å². The molecule has 37 heavy (non-hydrogen) atoms. The van der Waals surface area contributed by atoms with Gasteiger partial charge in [0.2, 0.25) is 0 Å². The molecular formula is C30H38N4O3. The molecule has 196 valence electrons. The molecule has 7 nitrogen and oxygen atoms in total. The van der Waals surface area contributed by atoms with Crippen molar-refractivity contribution in [3.63, 3.8) is 0 Å². The quantitative estimate of drug-likeness (QED) is 0.271. The summed E-state index contributed by atoms with van der Waals surface area (Å²) in [6.07, 6.45) is 4.43. The zero-order chi connectivity index (χ0) is 27.8. The van der Waals surface area contributed by atoms with Gasteiger partial charge in [-0.1, -0.05) is 52.3 Å². The first-order valence-electron chi connectivity index (χ1n) is 12.5. The lowest BCUT2D eigenvalue weighted by molar-refractivity contribution is 0.101. The fourth-order valence-corrected chi connectivity index (χ4v) is 3.23. The second-order valence-electron chi connectivity index (χ2n) is 7.65. The van der Waals surface area contributed by atoms with E-state index < -0.39 is 0 Å². The van der Waals surface area contributed by atoms with Crippen molar-refractivity contribution in [1.29, 1.82) is 5.26 Å². The molecule has 2 aromatic heterocycles. The molecule has 0 fully saturated rings. The van der Waals surface area contributed by atoms with Crippen LogP contribution in [0.2, 0.25) is 0 Å². The van der Waals surface area contributed by atoms with Gasteiger partial charge in [-0.15, -0.1) is 0 Å². The maximum Gasteiger partial charge on any atom is 0.161 e. The van der Waals surface area contributed by atoms with Gasteiger partial charge in [0.05, 0.1) is 23.0 Å². The number of nitriles is 1. The van der Waals surface area contributed by atoms with Gasteiger partial charge in [-0.2, -0.15) is 10.4 Å². The topological polar surface area (TPSA) is 99.7 Å². The molecule has 0 saturated carbocycles. The van der Waals surface area contributed by atoms with Gasteiger partial charge in [-0.05, 0) is 62.7 Å². The highest BCUT2D eigenvalue weighted by Gasteiger charge is 2.17. The third-order valence-electron chi connectivity index (χ3n) is 4.66. The molecule has 4 aromatic rings. The van der Waals surface area contributed by atoms with E-state index in [0.717, 1.165) is 17.0 Å². The number of para-hydroxylation sites is 1. The van der Waals surface area contributed by atoms with Crippen LogP contribution in [-0.2, 0) is 0 Å². The summed E-state index contributed by atoms with van der Waals surface area (Å²) >= 11 is 0. The summed E-state index contributed by atoms with van der Waals surface area (Å²) in [7, 11) is 0. The summed E-state index contributed by atoms with van der Waals surface area (Å²) in [6.45, 7) is 13.6. The molecule has 0 unspecified atom stereocenters. The Labute approximate surface area is 220 Å². The minimum Gasteiger partial charge on any atom is -0.457 e. The number of benzene rings is 2. The van der Waals surface area contributed by atoms with Crippen LogP contribution >= 0.6 is 0 Å². The maximum atomic E-state index is 11.9. The second-order valence-corrected chi connectivity index (χ2v) is 7.65. The summed E-state index contributed by atoms with van der Waals surface area (Å²) < 4.78 is 7.44. The van der Waals surface area contributed by atoms with Gasteiger partial charge in [0, 0.05) is 24.1 Å². The predicted octanol–water partition coefficient (Wildman–Crippen LogP) is 7.69. The Morgan fingerprint density at radius 3 is 2.11 bits per heavy atom. The lowest BCUT2D eigenvalue weighted by atomic mass is 10.1. The monoisotopic (exact) mass is 502 g/mol. The summed E-state index contributed by atoms with van der Waals surface area (Å²) in [5.74, 6) is 1.43. The average Bonchev–Trinajstić information content (AvgIpc) is 3.25. The van der Waals surface area contributed by atoms with Gasteiger partial charge in [-0.25, -0.2) is 4.52 Å². The zero-order valence-electron chi connectivity index (χ0n) is 22.9. The van der Waals surface area contributed by atoms with Gasteiger partial charge in [0.15, 0.2) is 5.78 Å². The number of carbonyl (C=O) groups is 1. The number of nitrogens with zero attached hydrogens (tertiary/aromatic N) is 3. The smallest absolute Gasteiger partial charge is 0.161 e. The molecule has 0 aliphatic carbocycles. The Bertz CT molecular complexity index is 1270. The van der Waals surface area contributed by atoms with Gasteiger partial charge in [0.25, 0.3) is 0 Å². The molecule has 0 aliphatic heterocycles. The molecule has 4 rings (SSSR count). The number of Topliss-reactive ketones (excluding diaryl/α,β-unsaturated/α-hetero) is 1. The highest BCUT2D eigenvalue weighted by Crippen LogP contribution is 2.31. The van der Waals surface area contributed by atoms with E-state index in [1.165, 1.54) is 19.5 Å². The van der Waals surface area contributed by atoms with Crippen LogP contribution in [0.5, 0.6) is 11.5 Å². The summed E-state index contributed by atoms with van der Waals surface area (Å²) in [5, 5.41) is 24.7. The van der Waals surface area contributed by atoms with Crippen molar-refractivity contribution in [3.8, 4) is 17.6 Å². The molecule has 2 N–H and O–H groups in total. The van der Waals surface area contributed by atoms with Gasteiger partial charge < -0.3 is 15.2 Å². The standard InChI is InChI=1S/C23H18N4O2.C3H8.C2H6O.C2H6/c1-15-21(16(2)28)14-27-23(15)22(17(12-24)13-25-27)26-18-8-10-20(11-9-18)29-19-6-4-3-5-7-19;1-3-2;1-2-3;1-2/h3-11,13-14,26H,1-2H3;3H2,1-2H3;3H,2H2,1H3;1-2H3. The molecule has 0 aliphatic rings. The number of aryl methyl sites for hydroxylation is 1. The number of ketones is 1. The Hall–Kier alpha value is -4.15. The summed E-state index contributed by atoms with van der Waals surface area (Å²) in [4.78, 5) is 11.9. The fourth-order valence-electron chi connectivity index (χ4n) is 3.23. The highest BCUT2D eigenvalue weighted by atomic mass is 16.5. The van der Waals surface area contributed by atoms with E-state index >= 15 is 0 Å². The second kappa shape index (κ2) is 16.5. The molecule has 0 saturated heterocycles. The number of aromatic nitrogens is 2. The van der Waals surface area contributed by atoms with Crippen LogP contribution in [0.1, 0.15) is 69.4 Å². The number of aliphatic hydroxyl groups is 1. The van der Waals surface area contributed by atoms with E-state index in [1.807, 2.05) is 75.4 Å². The largest absolute Gasteiger partial charge is 0.457 e. The van der Waals surface area contributed by atoms with Crippen LogP contribution in [0.25, 0.3) is 5.52 Å². The summed E-state index contributed by atoms with van der Waals surface area (Å²) in [5.41, 5.74) is 3.89. The minimum atomic E-state index is -0.0418. The van der Waals surface area contributed by atoms with Gasteiger partial charge in [-0.3, -0.25) is 4.79 Å². The van der Waals surface area contributed by atoms with Gasteiger partial charge in [0.1, 0.15) is 17.6 Å². The van der Waals surface area contributed by atoms with Crippen LogP contribution in [0.4, 0.5) is 11.4 Å². The highest BCUT2D eigenvalue weighted by molar-refractivity contribution is 6.00. The lowest BCUT2D eigenvalue weighted by Crippen LogP contribution is -2.00. The fraction of sp³-hybridized carbons (Fsp3) is 0.300. The molecule has 2 aromatic carbocycles. The SMILES string of the molecule is CC.CC(=O)c1cn2ncc(C#N)c(Nc3ccc(Oc4ccccc4)cc3)c2c1C.CCC.CCO. The van der Waals surface area contributed by atoms with Crippen molar-refractivity contribution in [1.82, 2.24) is 9.61 Å². The first-order valence-corrected chi connectivity index (χ1v) is 12.5. The predicted molar refractivity (Wildman–Crippen MR) is 151 cm³/mol. The number of ether oxygens (including phenoxy) is 1. The molecule has 0 amide bonds. The Morgan fingerprint density at radius 1 is 1.05 bits per heavy atom. The number of aliphatic hydroxyl groups excluding tert-OH is 1. The van der Waals surface area contributed by atoms with E-state index in [9.17, 15) is 10.1 Å². The number of fused-ring (bicyclic) bond motifs is 1. The van der Waals surface area contributed by atoms with Crippen LogP contribution in [0, 0.1) is 18.3 Å². The lowest BCUT2D eigenvalue weighted by Gasteiger charge is -2.12. The molecule has 0 radical (unpaired) electrons. The van der Waals surface area contributed by atoms with Crippen LogP contribution < -0.4 is 10.1 Å². The van der Waals surface area contributed by atoms with Crippen molar-refractivity contribution in [2.24, 2.45) is 0 Å². The minimum absolute atomic E-state index is 0.0418. The Kier molecular flexibility index (Phi) is 13.8. The van der Waals surface area contributed by atoms with Crippen molar-refractivity contribution in [3.05, 3.63) is 83.7 Å². The third-order valence-corrected chi connectivity index (χ3v) is 4.66. The number of hydrogen-bond donors (Lipinski definition) is 2. The maximum absolute atomic E-state index is 11.9. The van der Waals surface area contributed by atoms with Crippen molar-refractivity contribution in [2.75, 3.05) is 11.9 Å². The van der Waals surface area contributed by atoms with Crippen LogP contribution in [-0.4, -0.2) is 27.1 Å². The number of nitrogens with one attached hydrogen (secondary N) is 1. The van der Waals surface area contributed by atoms with E-state index in [4.69, 9.17) is 9.84 Å². The molecule has 7 heteroatoms. The van der Waals surface area contributed by atoms with Crippen molar-refractivity contribution < 1.29 is 14.6 Å². The van der Waals surface area contributed by atoms with E-state index in [-0.39, 0.29) is 12.4 Å². The van der Waals surface area contributed by atoms with Crippen molar-refractivity contribution >= 4 is 22.7 Å². The first kappa shape index (κ1) is 30.9. The number of hydrogen-bond acceptors (Lipinski definition) is 6. The van der Waals surface area contributed by atoms with E-state index in [0.29, 0.717) is 28.1 Å². The summed E-state index contributed by atoms with van der Waals surface area (Å²) in [6, 6.07) is 19.2. The third kappa shape index (κ3) is 8.78. The van der Waals surface area contributed by atoms with Crippen LogP contribution in [0.3, 0.4) is 0 Å².